The lowest BCUT2D eigenvalue weighted by molar-refractivity contribution is -0.160. The van der Waals surface area contributed by atoms with Gasteiger partial charge in [-0.25, -0.2) is 19.3 Å². The van der Waals surface area contributed by atoms with Crippen LogP contribution in [0.3, 0.4) is 0 Å². The lowest BCUT2D eigenvalue weighted by Gasteiger charge is -2.49. The summed E-state index contributed by atoms with van der Waals surface area (Å²) in [6.07, 6.45) is 0.933. The lowest BCUT2D eigenvalue weighted by atomic mass is 9.77. The molecule has 7 aromatic rings. The number of anilines is 1. The molecule has 4 heterocycles. The van der Waals surface area contributed by atoms with E-state index in [1.54, 1.807) is 44.7 Å². The number of aryl methyl sites for hydroxylation is 1. The number of benzene rings is 5. The van der Waals surface area contributed by atoms with Gasteiger partial charge in [-0.1, -0.05) is 169 Å². The Morgan fingerprint density at radius 3 is 1.93 bits per heavy atom. The Morgan fingerprint density at radius 2 is 1.40 bits per heavy atom. The zero-order valence-corrected chi connectivity index (χ0v) is 42.5. The normalized spacial score (nSPS) is 15.9. The van der Waals surface area contributed by atoms with E-state index in [9.17, 15) is 19.2 Å². The molecule has 2 aliphatic heterocycles. The van der Waals surface area contributed by atoms with Gasteiger partial charge in [0.05, 0.1) is 0 Å². The fraction of sp³-hybridized carbons (Fsp3) is 0.204. The fourth-order valence-electron chi connectivity index (χ4n) is 8.32. The van der Waals surface area contributed by atoms with Crippen LogP contribution in [-0.4, -0.2) is 88.9 Å². The van der Waals surface area contributed by atoms with Gasteiger partial charge < -0.3 is 24.9 Å². The molecule has 370 valence electrons. The Balaban J connectivity index is 1.02. The van der Waals surface area contributed by atoms with Crippen LogP contribution >= 0.6 is 34.9 Å². The van der Waals surface area contributed by atoms with Crippen molar-refractivity contribution in [1.29, 1.82) is 0 Å². The van der Waals surface area contributed by atoms with Crippen LogP contribution in [0, 0.1) is 0 Å². The van der Waals surface area contributed by atoms with Gasteiger partial charge >= 0.3 is 11.9 Å². The number of nitrogens with zero attached hydrogens (tertiary/aromatic N) is 7. The third kappa shape index (κ3) is 11.3. The average molecular weight is 1030 g/mol. The molecule has 2 N–H and O–H groups in total. The molecule has 0 spiro atoms. The smallest absolute Gasteiger partial charge is 0.356 e. The molecule has 16 nitrogen and oxygen atoms in total. The van der Waals surface area contributed by atoms with E-state index in [4.69, 9.17) is 19.3 Å². The molecular weight excluding hydrogens is 983 g/mol. The number of allylic oxidation sites excluding steroid dienone is 1. The molecule has 1 saturated heterocycles. The summed E-state index contributed by atoms with van der Waals surface area (Å²) >= 11 is 3.83. The summed E-state index contributed by atoms with van der Waals surface area (Å²) in [6, 6.07) is 47.5. The summed E-state index contributed by atoms with van der Waals surface area (Å²) in [6.45, 7) is 4.56. The predicted octanol–water partition coefficient (Wildman–Crippen LogP) is 8.43. The second-order valence-corrected chi connectivity index (χ2v) is 20.5. The molecule has 0 bridgehead atoms. The highest BCUT2D eigenvalue weighted by Crippen LogP contribution is 2.43. The van der Waals surface area contributed by atoms with Crippen LogP contribution in [0.15, 0.2) is 190 Å². The van der Waals surface area contributed by atoms with Crippen LogP contribution in [0.5, 0.6) is 0 Å². The van der Waals surface area contributed by atoms with Gasteiger partial charge in [-0.3, -0.25) is 14.5 Å². The van der Waals surface area contributed by atoms with Crippen molar-refractivity contribution in [3.8, 4) is 0 Å². The molecule has 73 heavy (non-hydrogen) atoms. The largest absolute Gasteiger partial charge is 0.457 e. The number of hydrogen-bond acceptors (Lipinski definition) is 16. The van der Waals surface area contributed by atoms with Crippen LogP contribution in [0.25, 0.3) is 0 Å². The van der Waals surface area contributed by atoms with E-state index in [-0.39, 0.29) is 22.9 Å². The highest BCUT2D eigenvalue weighted by molar-refractivity contribution is 8.02. The SMILES string of the molecule is Cn1nnnc1SC=CC1=C(C(=O)OC(c2ccccc2)c2ccccc2)N2C(=O)C(NC(=O)C(=NOCC(=O)OC(C)(C)C)c3csc(NC(c4ccccc4)(c4ccccc4)c4ccccc4)n3)C2SC1. The number of carbonyl (C=O) groups is 4. The Hall–Kier alpha value is -7.87. The number of aromatic nitrogens is 5. The number of oxime groups is 1. The molecule has 19 heteroatoms. The number of hydrogen-bond donors (Lipinski definition) is 2. The molecule has 2 unspecified atom stereocenters. The highest BCUT2D eigenvalue weighted by Gasteiger charge is 2.55. The molecule has 9 rings (SSSR count). The van der Waals surface area contributed by atoms with Crippen molar-refractivity contribution in [2.75, 3.05) is 17.7 Å². The molecule has 0 radical (unpaired) electrons. The van der Waals surface area contributed by atoms with Crippen molar-refractivity contribution >= 4 is 69.5 Å². The number of carbonyl (C=O) groups excluding carboxylic acids is 4. The van der Waals surface area contributed by atoms with E-state index < -0.39 is 59.0 Å². The Bertz CT molecular complexity index is 3030. The van der Waals surface area contributed by atoms with Gasteiger partial charge in [0.1, 0.15) is 33.9 Å². The summed E-state index contributed by atoms with van der Waals surface area (Å²) in [5.74, 6) is -2.53. The van der Waals surface area contributed by atoms with Gasteiger partial charge in [-0.15, -0.1) is 28.2 Å². The second kappa shape index (κ2) is 22.3. The third-order valence-corrected chi connectivity index (χ3v) is 14.5. The molecule has 2 aromatic heterocycles. The van der Waals surface area contributed by atoms with Crippen molar-refractivity contribution in [2.24, 2.45) is 12.2 Å². The number of fused-ring (bicyclic) bond motifs is 1. The number of thioether (sulfide) groups is 2. The van der Waals surface area contributed by atoms with Crippen molar-refractivity contribution in [3.63, 3.8) is 0 Å². The first-order chi connectivity index (χ1) is 35.4. The van der Waals surface area contributed by atoms with Crippen LogP contribution < -0.4 is 10.6 Å². The number of amides is 2. The van der Waals surface area contributed by atoms with Gasteiger partial charge in [0.25, 0.3) is 11.8 Å². The van der Waals surface area contributed by atoms with Crippen LogP contribution in [0.2, 0.25) is 0 Å². The van der Waals surface area contributed by atoms with Gasteiger partial charge in [0.2, 0.25) is 11.8 Å². The zero-order valence-electron chi connectivity index (χ0n) is 40.0. The standard InChI is InChI=1S/C54H49N9O7S3/c1-53(2,3)70-42(64)32-68-59-43(41-34-73-51(55-41)57-54(38-24-14-7-15-25-38,39-26-16-8-17-27-39)40-28-18-9-19-29-40)47(65)56-44-48(66)63-45(37(33-72-49(44)63)30-31-71-52-58-60-61-62(52)4)50(67)69-46(35-20-10-5-11-21-35)36-22-12-6-13-23-36/h5-31,34,44,46,49H,32-33H2,1-4H3,(H,55,57)(H,56,65). The quantitative estimate of drug-likeness (QED) is 0.0208. The Labute approximate surface area is 433 Å². The van der Waals surface area contributed by atoms with E-state index in [0.717, 1.165) is 27.8 Å². The van der Waals surface area contributed by atoms with Crippen LogP contribution in [0.1, 0.15) is 60.4 Å². The number of ether oxygens (including phenoxy) is 2. The van der Waals surface area contributed by atoms with E-state index in [1.165, 1.54) is 44.4 Å². The van der Waals surface area contributed by atoms with E-state index in [2.05, 4.69) is 31.3 Å². The first-order valence-electron chi connectivity index (χ1n) is 23.1. The van der Waals surface area contributed by atoms with Crippen molar-refractivity contribution in [2.45, 2.75) is 54.6 Å². The minimum absolute atomic E-state index is 0.0348. The van der Waals surface area contributed by atoms with Crippen molar-refractivity contribution in [3.05, 3.63) is 213 Å². The minimum atomic E-state index is -1.11. The van der Waals surface area contributed by atoms with E-state index in [1.807, 2.05) is 152 Å². The Kier molecular flexibility index (Phi) is 15.3. The lowest BCUT2D eigenvalue weighted by Crippen LogP contribution is -2.71. The fourth-order valence-corrected chi connectivity index (χ4v) is 11.0. The average Bonchev–Trinajstić information content (AvgIpc) is 4.05. The van der Waals surface area contributed by atoms with Gasteiger partial charge in [-0.05, 0) is 76.1 Å². The number of β-lactam (4-membered cyclic amide) rings is 1. The maximum atomic E-state index is 14.7. The molecule has 1 fully saturated rings. The number of tetrazole rings is 1. The molecule has 2 amide bonds. The molecule has 0 aliphatic carbocycles. The molecule has 5 aromatic carbocycles. The van der Waals surface area contributed by atoms with Crippen molar-refractivity contribution in [1.82, 2.24) is 35.4 Å². The maximum absolute atomic E-state index is 14.7. The summed E-state index contributed by atoms with van der Waals surface area (Å²) in [5, 5.41) is 26.0. The van der Waals surface area contributed by atoms with Gasteiger partial charge in [-0.2, -0.15) is 0 Å². The maximum Gasteiger partial charge on any atom is 0.356 e. The summed E-state index contributed by atoms with van der Waals surface area (Å²) in [5.41, 5.74) is 2.88. The number of thiazole rings is 1. The minimum Gasteiger partial charge on any atom is -0.457 e. The number of rotatable bonds is 18. The predicted molar refractivity (Wildman–Crippen MR) is 280 cm³/mol. The van der Waals surface area contributed by atoms with Crippen LogP contribution in [0.4, 0.5) is 5.13 Å². The number of nitrogens with one attached hydrogen (secondary N) is 2. The first-order valence-corrected chi connectivity index (χ1v) is 25.9. The third-order valence-electron chi connectivity index (χ3n) is 11.6. The van der Waals surface area contributed by atoms with E-state index >= 15 is 0 Å². The summed E-state index contributed by atoms with van der Waals surface area (Å²) in [7, 11) is 1.71. The zero-order chi connectivity index (χ0) is 51.0. The Morgan fingerprint density at radius 1 is 0.836 bits per heavy atom. The molecule has 2 aliphatic rings. The molecule has 2 atom stereocenters. The molecule has 0 saturated carbocycles. The first kappa shape index (κ1) is 50.1. The van der Waals surface area contributed by atoms with E-state index in [0.29, 0.717) is 15.9 Å². The summed E-state index contributed by atoms with van der Waals surface area (Å²) < 4.78 is 13.3. The second-order valence-electron chi connectivity index (χ2n) is 17.7. The monoisotopic (exact) mass is 1030 g/mol. The van der Waals surface area contributed by atoms with Gasteiger partial charge in [0.15, 0.2) is 16.9 Å². The number of esters is 2. The molecular formula is C54H49N9O7S3. The topological polar surface area (TPSA) is 192 Å². The van der Waals surface area contributed by atoms with Crippen molar-refractivity contribution < 1.29 is 33.5 Å². The van der Waals surface area contributed by atoms with Crippen LogP contribution in [-0.2, 0) is 46.1 Å². The highest BCUT2D eigenvalue weighted by atomic mass is 32.2. The summed E-state index contributed by atoms with van der Waals surface area (Å²) in [4.78, 5) is 68.4. The van der Waals surface area contributed by atoms with Gasteiger partial charge in [0, 0.05) is 18.2 Å².